The minimum absolute atomic E-state index is 0.355. The molecule has 2 N–H and O–H groups in total. The average Bonchev–Trinajstić information content (AvgIpc) is 2.24. The van der Waals surface area contributed by atoms with Crippen LogP contribution in [0.5, 0.6) is 0 Å². The second-order valence-electron chi connectivity index (χ2n) is 3.97. The first-order valence-corrected chi connectivity index (χ1v) is 5.80. The van der Waals surface area contributed by atoms with Crippen LogP contribution in [0.1, 0.15) is 52.4 Å². The molecule has 0 aromatic rings. The minimum Gasteiger partial charge on any atom is -0.392 e. The zero-order valence-corrected chi connectivity index (χ0v) is 9.80. The lowest BCUT2D eigenvalue weighted by molar-refractivity contribution is 0.0325. The van der Waals surface area contributed by atoms with Crippen LogP contribution < -0.4 is 0 Å². The lowest BCUT2D eigenvalue weighted by atomic mass is 9.89. The van der Waals surface area contributed by atoms with Gasteiger partial charge in [-0.15, -0.1) is 0 Å². The summed E-state index contributed by atoms with van der Waals surface area (Å²) in [7, 11) is 0. The van der Waals surface area contributed by atoms with E-state index in [1.807, 2.05) is 13.8 Å². The molecule has 0 aromatic carbocycles. The minimum atomic E-state index is -1.35. The van der Waals surface area contributed by atoms with Crippen molar-refractivity contribution in [1.82, 2.24) is 0 Å². The summed E-state index contributed by atoms with van der Waals surface area (Å²) in [4.78, 5) is 0. The van der Waals surface area contributed by atoms with E-state index in [0.717, 1.165) is 31.8 Å². The van der Waals surface area contributed by atoms with E-state index < -0.39 is 11.4 Å². The van der Waals surface area contributed by atoms with Gasteiger partial charge in [0.15, 0.2) is 0 Å². The van der Waals surface area contributed by atoms with Gasteiger partial charge in [-0.2, -0.15) is 0 Å². The highest BCUT2D eigenvalue weighted by atomic mass is 19.1. The van der Waals surface area contributed by atoms with Crippen LogP contribution in [0, 0.1) is 0 Å². The van der Waals surface area contributed by atoms with E-state index in [2.05, 4.69) is 0 Å². The van der Waals surface area contributed by atoms with Crippen molar-refractivity contribution in [2.75, 3.05) is 6.61 Å². The lowest BCUT2D eigenvalue weighted by Gasteiger charge is -2.26. The van der Waals surface area contributed by atoms with Crippen molar-refractivity contribution in [2.24, 2.45) is 0 Å². The third-order valence-corrected chi connectivity index (χ3v) is 2.60. The number of hydrogen-bond acceptors (Lipinski definition) is 2. The standard InChI is InChI=1S/C12H23FO2/c1-3-5-8-12(15,9-6-4-2)11(13)7-10-14/h7,14-15H,3-6,8-10H2,1-2H3/b11-7+. The van der Waals surface area contributed by atoms with Gasteiger partial charge >= 0.3 is 0 Å². The highest BCUT2D eigenvalue weighted by Crippen LogP contribution is 2.30. The maximum atomic E-state index is 13.5. The van der Waals surface area contributed by atoms with Crippen LogP contribution in [0.2, 0.25) is 0 Å². The Kier molecular flexibility index (Phi) is 7.61. The number of unbranched alkanes of at least 4 members (excludes halogenated alkanes) is 2. The third-order valence-electron chi connectivity index (χ3n) is 2.60. The maximum absolute atomic E-state index is 13.5. The Balaban J connectivity index is 4.44. The first kappa shape index (κ1) is 14.6. The Morgan fingerprint density at radius 2 is 1.67 bits per heavy atom. The summed E-state index contributed by atoms with van der Waals surface area (Å²) in [6.07, 6.45) is 5.39. The van der Waals surface area contributed by atoms with Crippen molar-refractivity contribution in [1.29, 1.82) is 0 Å². The molecule has 0 fully saturated rings. The molecule has 0 saturated carbocycles. The van der Waals surface area contributed by atoms with Crippen LogP contribution in [0.15, 0.2) is 11.9 Å². The van der Waals surface area contributed by atoms with E-state index in [1.165, 1.54) is 0 Å². The molecule has 0 unspecified atom stereocenters. The molecular formula is C12H23FO2. The molecule has 0 spiro atoms. The smallest absolute Gasteiger partial charge is 0.130 e. The monoisotopic (exact) mass is 218 g/mol. The van der Waals surface area contributed by atoms with Crippen LogP contribution in [0.25, 0.3) is 0 Å². The summed E-state index contributed by atoms with van der Waals surface area (Å²) < 4.78 is 13.5. The molecule has 2 nitrogen and oxygen atoms in total. The summed E-state index contributed by atoms with van der Waals surface area (Å²) in [5.41, 5.74) is -1.35. The highest BCUT2D eigenvalue weighted by molar-refractivity contribution is 5.09. The van der Waals surface area contributed by atoms with Gasteiger partial charge in [-0.25, -0.2) is 4.39 Å². The molecule has 0 aromatic heterocycles. The first-order chi connectivity index (χ1) is 7.10. The van der Waals surface area contributed by atoms with Crippen LogP contribution in [0.4, 0.5) is 4.39 Å². The average molecular weight is 218 g/mol. The van der Waals surface area contributed by atoms with E-state index in [-0.39, 0.29) is 6.61 Å². The number of halogens is 1. The summed E-state index contributed by atoms with van der Waals surface area (Å²) in [6, 6.07) is 0. The van der Waals surface area contributed by atoms with Gasteiger partial charge in [0.05, 0.1) is 6.61 Å². The van der Waals surface area contributed by atoms with Crippen molar-refractivity contribution < 1.29 is 14.6 Å². The molecule has 90 valence electrons. The summed E-state index contributed by atoms with van der Waals surface area (Å²) >= 11 is 0. The van der Waals surface area contributed by atoms with Gasteiger partial charge in [0, 0.05) is 0 Å². The molecule has 0 aliphatic rings. The molecule has 15 heavy (non-hydrogen) atoms. The predicted molar refractivity (Wildman–Crippen MR) is 60.3 cm³/mol. The highest BCUT2D eigenvalue weighted by Gasteiger charge is 2.30. The van der Waals surface area contributed by atoms with E-state index >= 15 is 0 Å². The topological polar surface area (TPSA) is 40.5 Å². The Morgan fingerprint density at radius 3 is 2.00 bits per heavy atom. The van der Waals surface area contributed by atoms with Gasteiger partial charge in [0.25, 0.3) is 0 Å². The number of aliphatic hydroxyl groups excluding tert-OH is 1. The van der Waals surface area contributed by atoms with Gasteiger partial charge in [-0.3, -0.25) is 0 Å². The normalized spacial score (nSPS) is 13.3. The van der Waals surface area contributed by atoms with Crippen molar-refractivity contribution >= 4 is 0 Å². The van der Waals surface area contributed by atoms with Crippen LogP contribution in [0.3, 0.4) is 0 Å². The third kappa shape index (κ3) is 5.28. The number of hydrogen-bond donors (Lipinski definition) is 2. The second-order valence-corrected chi connectivity index (χ2v) is 3.97. The molecule has 0 saturated heterocycles. The Bertz CT molecular complexity index is 182. The molecular weight excluding hydrogens is 195 g/mol. The lowest BCUT2D eigenvalue weighted by Crippen LogP contribution is -2.29. The van der Waals surface area contributed by atoms with Crippen molar-refractivity contribution in [3.63, 3.8) is 0 Å². The van der Waals surface area contributed by atoms with Crippen molar-refractivity contribution in [3.05, 3.63) is 11.9 Å². The molecule has 0 atom stereocenters. The molecule has 0 aliphatic heterocycles. The van der Waals surface area contributed by atoms with Gasteiger partial charge in [-0.05, 0) is 18.9 Å². The zero-order valence-electron chi connectivity index (χ0n) is 9.80. The van der Waals surface area contributed by atoms with E-state index in [4.69, 9.17) is 5.11 Å². The fraction of sp³-hybridized carbons (Fsp3) is 0.833. The van der Waals surface area contributed by atoms with E-state index in [1.54, 1.807) is 0 Å². The quantitative estimate of drug-likeness (QED) is 0.657. The predicted octanol–water partition coefficient (Wildman–Crippen LogP) is 2.94. The largest absolute Gasteiger partial charge is 0.392 e. The fourth-order valence-electron chi connectivity index (χ4n) is 1.57. The maximum Gasteiger partial charge on any atom is 0.130 e. The zero-order chi connectivity index (χ0) is 11.7. The van der Waals surface area contributed by atoms with Crippen molar-refractivity contribution in [3.8, 4) is 0 Å². The van der Waals surface area contributed by atoms with Crippen molar-refractivity contribution in [2.45, 2.75) is 58.0 Å². The molecule has 0 radical (unpaired) electrons. The Morgan fingerprint density at radius 1 is 1.20 bits per heavy atom. The SMILES string of the molecule is CCCCC(O)(CCCC)/C(F)=C\CO. The number of aliphatic hydroxyl groups is 2. The summed E-state index contributed by atoms with van der Waals surface area (Å²) in [5.74, 6) is -0.577. The molecule has 0 amide bonds. The van der Waals surface area contributed by atoms with Crippen LogP contribution in [-0.2, 0) is 0 Å². The van der Waals surface area contributed by atoms with Gasteiger partial charge in [0.2, 0.25) is 0 Å². The summed E-state index contributed by atoms with van der Waals surface area (Å²) in [5, 5.41) is 18.7. The van der Waals surface area contributed by atoms with E-state index in [0.29, 0.717) is 12.8 Å². The van der Waals surface area contributed by atoms with Crippen LogP contribution >= 0.6 is 0 Å². The van der Waals surface area contributed by atoms with Gasteiger partial charge in [0.1, 0.15) is 11.4 Å². The second kappa shape index (κ2) is 7.83. The Labute approximate surface area is 91.8 Å². The van der Waals surface area contributed by atoms with Gasteiger partial charge in [-0.1, -0.05) is 39.5 Å². The van der Waals surface area contributed by atoms with Gasteiger partial charge < -0.3 is 10.2 Å². The number of rotatable bonds is 8. The molecule has 0 heterocycles. The molecule has 0 rings (SSSR count). The van der Waals surface area contributed by atoms with Crippen LogP contribution in [-0.4, -0.2) is 22.4 Å². The molecule has 0 bridgehead atoms. The Hall–Kier alpha value is -0.410. The molecule has 3 heteroatoms. The fourth-order valence-corrected chi connectivity index (χ4v) is 1.57. The summed E-state index contributed by atoms with van der Waals surface area (Å²) in [6.45, 7) is 3.66. The molecule has 0 aliphatic carbocycles. The van der Waals surface area contributed by atoms with E-state index in [9.17, 15) is 9.50 Å². The first-order valence-electron chi connectivity index (χ1n) is 5.80.